The minimum Gasteiger partial charge on any atom is -0.492 e. The van der Waals surface area contributed by atoms with Crippen LogP contribution in [0.4, 0.5) is 5.82 Å². The van der Waals surface area contributed by atoms with Gasteiger partial charge in [0.2, 0.25) is 0 Å². The Bertz CT molecular complexity index is 1030. The van der Waals surface area contributed by atoms with Crippen molar-refractivity contribution in [2.45, 2.75) is 39.2 Å². The van der Waals surface area contributed by atoms with Gasteiger partial charge in [0.25, 0.3) is 0 Å². The van der Waals surface area contributed by atoms with Gasteiger partial charge in [0.1, 0.15) is 17.6 Å². The highest BCUT2D eigenvalue weighted by molar-refractivity contribution is 5.85. The van der Waals surface area contributed by atoms with E-state index in [2.05, 4.69) is 35.1 Å². The lowest BCUT2D eigenvalue weighted by molar-refractivity contribution is 0.0374. The first kappa shape index (κ1) is 20.2. The van der Waals surface area contributed by atoms with Crippen molar-refractivity contribution in [3.05, 3.63) is 42.4 Å². The fourth-order valence-corrected chi connectivity index (χ4v) is 3.91. The van der Waals surface area contributed by atoms with E-state index in [0.717, 1.165) is 61.4 Å². The molecule has 7 heteroatoms. The zero-order valence-electron chi connectivity index (χ0n) is 17.5. The third-order valence-corrected chi connectivity index (χ3v) is 5.40. The van der Waals surface area contributed by atoms with Gasteiger partial charge in [-0.05, 0) is 44.4 Å². The minimum atomic E-state index is 0.362. The SMILES string of the molecule is CCCOC1CCN(c2ccc(-c3cc(OCC)cn4ncc(C#N)c34)cn2)CC1. The molecule has 1 saturated heterocycles. The van der Waals surface area contributed by atoms with Crippen molar-refractivity contribution in [1.29, 1.82) is 5.26 Å². The largest absolute Gasteiger partial charge is 0.492 e. The molecular weight excluding hydrogens is 378 g/mol. The van der Waals surface area contributed by atoms with Gasteiger partial charge in [-0.2, -0.15) is 10.4 Å². The van der Waals surface area contributed by atoms with Gasteiger partial charge < -0.3 is 14.4 Å². The summed E-state index contributed by atoms with van der Waals surface area (Å²) in [4.78, 5) is 7.03. The number of pyridine rings is 2. The van der Waals surface area contributed by atoms with Crippen LogP contribution in [-0.2, 0) is 4.74 Å². The van der Waals surface area contributed by atoms with Gasteiger partial charge in [0.15, 0.2) is 0 Å². The van der Waals surface area contributed by atoms with Crippen molar-refractivity contribution in [3.63, 3.8) is 0 Å². The molecule has 3 aromatic rings. The maximum Gasteiger partial charge on any atom is 0.138 e. The highest BCUT2D eigenvalue weighted by Gasteiger charge is 2.21. The van der Waals surface area contributed by atoms with Crippen LogP contribution in [0.2, 0.25) is 0 Å². The Hall–Kier alpha value is -3.11. The molecule has 0 amide bonds. The molecule has 0 bridgehead atoms. The monoisotopic (exact) mass is 405 g/mol. The number of hydrogen-bond donors (Lipinski definition) is 0. The van der Waals surface area contributed by atoms with Crippen LogP contribution in [0.25, 0.3) is 16.6 Å². The molecule has 0 aliphatic carbocycles. The van der Waals surface area contributed by atoms with Gasteiger partial charge in [-0.25, -0.2) is 9.50 Å². The third kappa shape index (κ3) is 4.10. The van der Waals surface area contributed by atoms with Gasteiger partial charge >= 0.3 is 0 Å². The predicted molar refractivity (Wildman–Crippen MR) is 116 cm³/mol. The molecule has 7 nitrogen and oxygen atoms in total. The molecule has 4 heterocycles. The van der Waals surface area contributed by atoms with Crippen LogP contribution in [0.5, 0.6) is 5.75 Å². The topological polar surface area (TPSA) is 75.7 Å². The molecule has 30 heavy (non-hydrogen) atoms. The molecule has 0 saturated carbocycles. The second kappa shape index (κ2) is 9.14. The van der Waals surface area contributed by atoms with Crippen molar-refractivity contribution in [3.8, 4) is 22.9 Å². The number of hydrogen-bond acceptors (Lipinski definition) is 6. The number of ether oxygens (including phenoxy) is 2. The Morgan fingerprint density at radius 2 is 2.03 bits per heavy atom. The van der Waals surface area contributed by atoms with Gasteiger partial charge in [-0.3, -0.25) is 0 Å². The van der Waals surface area contributed by atoms with E-state index < -0.39 is 0 Å². The molecule has 0 N–H and O–H groups in total. The highest BCUT2D eigenvalue weighted by atomic mass is 16.5. The summed E-state index contributed by atoms with van der Waals surface area (Å²) >= 11 is 0. The first-order valence-electron chi connectivity index (χ1n) is 10.6. The lowest BCUT2D eigenvalue weighted by Gasteiger charge is -2.32. The lowest BCUT2D eigenvalue weighted by Crippen LogP contribution is -2.37. The summed E-state index contributed by atoms with van der Waals surface area (Å²) < 4.78 is 13.3. The van der Waals surface area contributed by atoms with E-state index >= 15 is 0 Å². The molecule has 3 aromatic heterocycles. The Morgan fingerprint density at radius 1 is 1.20 bits per heavy atom. The summed E-state index contributed by atoms with van der Waals surface area (Å²) in [6, 6.07) is 8.29. The number of nitriles is 1. The van der Waals surface area contributed by atoms with E-state index in [1.54, 1.807) is 16.9 Å². The van der Waals surface area contributed by atoms with Crippen molar-refractivity contribution in [2.24, 2.45) is 0 Å². The van der Waals surface area contributed by atoms with E-state index in [4.69, 9.17) is 14.5 Å². The molecule has 4 rings (SSSR count). The van der Waals surface area contributed by atoms with Crippen molar-refractivity contribution in [2.75, 3.05) is 31.2 Å². The van der Waals surface area contributed by atoms with Crippen LogP contribution in [0.3, 0.4) is 0 Å². The number of fused-ring (bicyclic) bond motifs is 1. The van der Waals surface area contributed by atoms with Gasteiger partial charge in [0.05, 0.1) is 36.2 Å². The van der Waals surface area contributed by atoms with E-state index in [9.17, 15) is 5.26 Å². The van der Waals surface area contributed by atoms with E-state index in [1.807, 2.05) is 19.2 Å². The molecule has 1 aliphatic rings. The van der Waals surface area contributed by atoms with Crippen molar-refractivity contribution >= 4 is 11.3 Å². The molecule has 0 spiro atoms. The second-order valence-corrected chi connectivity index (χ2v) is 7.45. The maximum absolute atomic E-state index is 9.49. The molecule has 0 atom stereocenters. The van der Waals surface area contributed by atoms with Crippen LogP contribution in [-0.4, -0.2) is 47.0 Å². The van der Waals surface area contributed by atoms with Gasteiger partial charge in [-0.1, -0.05) is 6.92 Å². The molecule has 156 valence electrons. The van der Waals surface area contributed by atoms with Crippen LogP contribution in [0, 0.1) is 11.3 Å². The van der Waals surface area contributed by atoms with Crippen LogP contribution < -0.4 is 9.64 Å². The highest BCUT2D eigenvalue weighted by Crippen LogP contribution is 2.31. The normalized spacial score (nSPS) is 14.8. The number of rotatable bonds is 7. The van der Waals surface area contributed by atoms with Crippen LogP contribution in [0.1, 0.15) is 38.7 Å². The summed E-state index contributed by atoms with van der Waals surface area (Å²) in [5, 5.41) is 13.8. The van der Waals surface area contributed by atoms with E-state index in [0.29, 0.717) is 24.0 Å². The number of anilines is 1. The first-order valence-corrected chi connectivity index (χ1v) is 10.6. The first-order chi connectivity index (χ1) is 14.7. The Kier molecular flexibility index (Phi) is 6.15. The summed E-state index contributed by atoms with van der Waals surface area (Å²) in [5.74, 6) is 1.68. The van der Waals surface area contributed by atoms with Crippen LogP contribution >= 0.6 is 0 Å². The van der Waals surface area contributed by atoms with Gasteiger partial charge in [-0.15, -0.1) is 0 Å². The zero-order chi connectivity index (χ0) is 20.9. The smallest absolute Gasteiger partial charge is 0.138 e. The average molecular weight is 406 g/mol. The molecule has 0 unspecified atom stereocenters. The third-order valence-electron chi connectivity index (χ3n) is 5.40. The molecular formula is C23H27N5O2. The van der Waals surface area contributed by atoms with E-state index in [-0.39, 0.29) is 0 Å². The standard InChI is InChI=1S/C23H27N5O2/c1-3-11-30-19-7-9-27(10-8-19)22-6-5-17(14-25-22)21-12-20(29-4-2)16-28-23(21)18(13-24)15-26-28/h5-6,12,14-16,19H,3-4,7-11H2,1-2H3. The van der Waals surface area contributed by atoms with Crippen molar-refractivity contribution in [1.82, 2.24) is 14.6 Å². The summed E-state index contributed by atoms with van der Waals surface area (Å²) in [5.41, 5.74) is 3.12. The van der Waals surface area contributed by atoms with Gasteiger partial charge in [0, 0.05) is 37.0 Å². The summed E-state index contributed by atoms with van der Waals surface area (Å²) in [6.07, 6.45) is 8.74. The van der Waals surface area contributed by atoms with Crippen molar-refractivity contribution < 1.29 is 9.47 Å². The summed E-state index contributed by atoms with van der Waals surface area (Å²) in [7, 11) is 0. The number of piperidine rings is 1. The molecule has 1 aliphatic heterocycles. The Balaban J connectivity index is 1.58. The van der Waals surface area contributed by atoms with E-state index in [1.165, 1.54) is 0 Å². The Morgan fingerprint density at radius 3 is 2.70 bits per heavy atom. The fraction of sp³-hybridized carbons (Fsp3) is 0.435. The lowest BCUT2D eigenvalue weighted by atomic mass is 10.0. The maximum atomic E-state index is 9.49. The van der Waals surface area contributed by atoms with Crippen LogP contribution in [0.15, 0.2) is 36.8 Å². The zero-order valence-corrected chi connectivity index (χ0v) is 17.5. The average Bonchev–Trinajstić information content (AvgIpc) is 3.21. The Labute approximate surface area is 176 Å². The second-order valence-electron chi connectivity index (χ2n) is 7.45. The summed E-state index contributed by atoms with van der Waals surface area (Å²) in [6.45, 7) is 7.39. The predicted octanol–water partition coefficient (Wildman–Crippen LogP) is 4.06. The fourth-order valence-electron chi connectivity index (χ4n) is 3.91. The minimum absolute atomic E-state index is 0.362. The molecule has 0 radical (unpaired) electrons. The molecule has 0 aromatic carbocycles. The molecule has 1 fully saturated rings. The number of aromatic nitrogens is 3. The quantitative estimate of drug-likeness (QED) is 0.590. The number of nitrogens with zero attached hydrogens (tertiary/aromatic N) is 5.